The van der Waals surface area contributed by atoms with Gasteiger partial charge in [0, 0.05) is 22.3 Å². The molecule has 0 aliphatic rings. The molecule has 0 spiro atoms. The molecule has 0 bridgehead atoms. The number of benzene rings is 3. The number of rotatable bonds is 4. The number of anilines is 1. The number of hydrogen-bond donors (Lipinski definition) is 2. The zero-order valence-electron chi connectivity index (χ0n) is 13.8. The van der Waals surface area contributed by atoms with E-state index in [1.807, 2.05) is 25.1 Å². The fraction of sp³-hybridized carbons (Fsp3) is 0.0952. The number of nitrogens with one attached hydrogen (secondary N) is 2. The maximum Gasteiger partial charge on any atom is 0.156 e. The second-order valence-electron chi connectivity index (χ2n) is 6.07. The van der Waals surface area contributed by atoms with Crippen LogP contribution in [0.1, 0.15) is 22.9 Å². The van der Waals surface area contributed by atoms with Crippen molar-refractivity contribution in [1.82, 2.24) is 10.2 Å². The quantitative estimate of drug-likeness (QED) is 0.495. The number of H-pyrrole nitrogens is 1. The summed E-state index contributed by atoms with van der Waals surface area (Å²) in [6, 6.07) is 24.9. The van der Waals surface area contributed by atoms with Crippen molar-refractivity contribution in [3.8, 4) is 0 Å². The summed E-state index contributed by atoms with van der Waals surface area (Å²) in [6.45, 7) is 1.99. The number of fused-ring (bicyclic) bond motifs is 1. The summed E-state index contributed by atoms with van der Waals surface area (Å²) < 4.78 is 0. The number of hydrogen-bond acceptors (Lipinski definition) is 2. The first-order valence-corrected chi connectivity index (χ1v) is 8.61. The molecule has 1 unspecified atom stereocenters. The second-order valence-corrected chi connectivity index (χ2v) is 6.43. The van der Waals surface area contributed by atoms with Crippen molar-refractivity contribution >= 4 is 28.1 Å². The van der Waals surface area contributed by atoms with Gasteiger partial charge in [-0.25, -0.2) is 0 Å². The molecule has 0 aliphatic carbocycles. The van der Waals surface area contributed by atoms with E-state index in [0.29, 0.717) is 5.15 Å². The number of aromatic nitrogens is 2. The average Bonchev–Trinajstić information content (AvgIpc) is 2.99. The Bertz CT molecular complexity index is 983. The third kappa shape index (κ3) is 2.99. The second kappa shape index (κ2) is 6.61. The molecule has 1 aromatic heterocycles. The van der Waals surface area contributed by atoms with E-state index in [2.05, 4.69) is 70.1 Å². The van der Waals surface area contributed by atoms with E-state index in [9.17, 15) is 0 Å². The minimum absolute atomic E-state index is 0.0849. The Morgan fingerprint density at radius 1 is 0.920 bits per heavy atom. The zero-order valence-corrected chi connectivity index (χ0v) is 14.6. The van der Waals surface area contributed by atoms with Crippen LogP contribution in [0.15, 0.2) is 72.8 Å². The Morgan fingerprint density at radius 3 is 2.40 bits per heavy atom. The summed E-state index contributed by atoms with van der Waals surface area (Å²) >= 11 is 6.39. The summed E-state index contributed by atoms with van der Waals surface area (Å²) in [6.07, 6.45) is 0. The lowest BCUT2D eigenvalue weighted by atomic mass is 9.98. The zero-order chi connectivity index (χ0) is 17.2. The Hall–Kier alpha value is -2.78. The highest BCUT2D eigenvalue weighted by Crippen LogP contribution is 2.34. The van der Waals surface area contributed by atoms with Gasteiger partial charge >= 0.3 is 0 Å². The molecule has 3 aromatic carbocycles. The predicted molar refractivity (Wildman–Crippen MR) is 104 cm³/mol. The molecule has 0 fully saturated rings. The smallest absolute Gasteiger partial charge is 0.156 e. The van der Waals surface area contributed by atoms with Crippen LogP contribution in [0.2, 0.25) is 5.15 Å². The normalized spacial score (nSPS) is 12.2. The molecule has 3 nitrogen and oxygen atoms in total. The molecule has 0 saturated heterocycles. The van der Waals surface area contributed by atoms with E-state index in [-0.39, 0.29) is 6.04 Å². The first-order valence-electron chi connectivity index (χ1n) is 8.23. The highest BCUT2D eigenvalue weighted by Gasteiger charge is 2.22. The van der Waals surface area contributed by atoms with Gasteiger partial charge < -0.3 is 5.32 Å². The van der Waals surface area contributed by atoms with Crippen molar-refractivity contribution in [2.45, 2.75) is 13.0 Å². The molecule has 0 radical (unpaired) electrons. The van der Waals surface area contributed by atoms with Crippen LogP contribution in [-0.4, -0.2) is 10.2 Å². The Labute approximate surface area is 151 Å². The van der Waals surface area contributed by atoms with Gasteiger partial charge in [-0.2, -0.15) is 5.10 Å². The van der Waals surface area contributed by atoms with Crippen LogP contribution >= 0.6 is 11.6 Å². The standard InChI is InChI=1S/C21H18ClN3/c1-14-19(21(22)25-24-14)20(16-9-3-2-4-10-16)23-18-13-7-11-15-8-5-6-12-17(15)18/h2-13,20,23H,1H3,(H,24,25). The van der Waals surface area contributed by atoms with E-state index < -0.39 is 0 Å². The van der Waals surface area contributed by atoms with E-state index in [1.54, 1.807) is 0 Å². The molecule has 0 aliphatic heterocycles. The highest BCUT2D eigenvalue weighted by atomic mass is 35.5. The molecular weight excluding hydrogens is 330 g/mol. The van der Waals surface area contributed by atoms with Crippen molar-refractivity contribution in [1.29, 1.82) is 0 Å². The molecular formula is C21H18ClN3. The lowest BCUT2D eigenvalue weighted by Gasteiger charge is -2.22. The van der Waals surface area contributed by atoms with Gasteiger partial charge in [-0.05, 0) is 23.9 Å². The average molecular weight is 348 g/mol. The van der Waals surface area contributed by atoms with Gasteiger partial charge in [-0.1, -0.05) is 78.3 Å². The lowest BCUT2D eigenvalue weighted by Crippen LogP contribution is -2.13. The molecule has 1 atom stereocenters. The van der Waals surface area contributed by atoms with Gasteiger partial charge in [0.15, 0.2) is 5.15 Å². The van der Waals surface area contributed by atoms with Crippen LogP contribution in [0, 0.1) is 6.92 Å². The summed E-state index contributed by atoms with van der Waals surface area (Å²) in [5.41, 5.74) is 4.15. The minimum atomic E-state index is -0.0849. The minimum Gasteiger partial charge on any atom is -0.373 e. The summed E-state index contributed by atoms with van der Waals surface area (Å²) in [4.78, 5) is 0. The first-order chi connectivity index (χ1) is 12.2. The third-order valence-electron chi connectivity index (χ3n) is 4.46. The molecule has 4 heteroatoms. The Morgan fingerprint density at radius 2 is 1.64 bits per heavy atom. The summed E-state index contributed by atoms with van der Waals surface area (Å²) in [5, 5.41) is 13.7. The molecule has 4 rings (SSSR count). The van der Waals surface area contributed by atoms with Gasteiger partial charge in [-0.15, -0.1) is 0 Å². The SMILES string of the molecule is Cc1[nH]nc(Cl)c1C(Nc1cccc2ccccc12)c1ccccc1. The summed E-state index contributed by atoms with van der Waals surface area (Å²) in [5.74, 6) is 0. The van der Waals surface area contributed by atoms with Crippen LogP contribution < -0.4 is 5.32 Å². The molecule has 0 saturated carbocycles. The first kappa shape index (κ1) is 15.7. The van der Waals surface area contributed by atoms with Crippen LogP contribution in [0.4, 0.5) is 5.69 Å². The van der Waals surface area contributed by atoms with Crippen LogP contribution in [0.3, 0.4) is 0 Å². The molecule has 4 aromatic rings. The number of aromatic amines is 1. The maximum atomic E-state index is 6.39. The number of aryl methyl sites for hydroxylation is 1. The third-order valence-corrected chi connectivity index (χ3v) is 4.75. The van der Waals surface area contributed by atoms with Gasteiger partial charge in [0.05, 0.1) is 6.04 Å². The van der Waals surface area contributed by atoms with Gasteiger partial charge in [-0.3, -0.25) is 5.10 Å². The lowest BCUT2D eigenvalue weighted by molar-refractivity contribution is 0.928. The fourth-order valence-electron chi connectivity index (χ4n) is 3.22. The predicted octanol–water partition coefficient (Wildman–Crippen LogP) is 5.73. The van der Waals surface area contributed by atoms with Gasteiger partial charge in [0.1, 0.15) is 0 Å². The van der Waals surface area contributed by atoms with Crippen LogP contribution in [0.25, 0.3) is 10.8 Å². The Balaban J connectivity index is 1.84. The monoisotopic (exact) mass is 347 g/mol. The van der Waals surface area contributed by atoms with Crippen molar-refractivity contribution in [2.24, 2.45) is 0 Å². The van der Waals surface area contributed by atoms with Crippen LogP contribution in [0.5, 0.6) is 0 Å². The Kier molecular flexibility index (Phi) is 4.16. The van der Waals surface area contributed by atoms with E-state index in [4.69, 9.17) is 11.6 Å². The van der Waals surface area contributed by atoms with Gasteiger partial charge in [0.25, 0.3) is 0 Å². The van der Waals surface area contributed by atoms with E-state index >= 15 is 0 Å². The fourth-order valence-corrected chi connectivity index (χ4v) is 3.51. The van der Waals surface area contributed by atoms with Crippen molar-refractivity contribution in [3.05, 3.63) is 94.8 Å². The van der Waals surface area contributed by atoms with Crippen LogP contribution in [-0.2, 0) is 0 Å². The maximum absolute atomic E-state index is 6.39. The summed E-state index contributed by atoms with van der Waals surface area (Å²) in [7, 11) is 0. The molecule has 25 heavy (non-hydrogen) atoms. The van der Waals surface area contributed by atoms with E-state index in [1.165, 1.54) is 10.8 Å². The molecule has 1 heterocycles. The van der Waals surface area contributed by atoms with Crippen molar-refractivity contribution < 1.29 is 0 Å². The largest absolute Gasteiger partial charge is 0.373 e. The van der Waals surface area contributed by atoms with Crippen molar-refractivity contribution in [3.63, 3.8) is 0 Å². The van der Waals surface area contributed by atoms with Gasteiger partial charge in [0.2, 0.25) is 0 Å². The number of nitrogens with zero attached hydrogens (tertiary/aromatic N) is 1. The van der Waals surface area contributed by atoms with E-state index in [0.717, 1.165) is 22.5 Å². The topological polar surface area (TPSA) is 40.7 Å². The highest BCUT2D eigenvalue weighted by molar-refractivity contribution is 6.30. The van der Waals surface area contributed by atoms with Crippen molar-refractivity contribution in [2.75, 3.05) is 5.32 Å². The molecule has 2 N–H and O–H groups in total. The number of halogens is 1. The molecule has 0 amide bonds. The molecule has 124 valence electrons.